The summed E-state index contributed by atoms with van der Waals surface area (Å²) >= 11 is 0. The predicted octanol–water partition coefficient (Wildman–Crippen LogP) is 3.86. The van der Waals surface area contributed by atoms with Crippen LogP contribution >= 0.6 is 0 Å². The van der Waals surface area contributed by atoms with E-state index < -0.39 is 0 Å². The van der Waals surface area contributed by atoms with Gasteiger partial charge in [-0.1, -0.05) is 36.4 Å². The zero-order valence-electron chi connectivity index (χ0n) is 11.5. The summed E-state index contributed by atoms with van der Waals surface area (Å²) in [7, 11) is 0. The smallest absolute Gasteiger partial charge is 0.222 e. The molecule has 3 aromatic rings. The van der Waals surface area contributed by atoms with E-state index in [1.807, 2.05) is 48.5 Å². The van der Waals surface area contributed by atoms with Crippen molar-refractivity contribution in [3.05, 3.63) is 65.9 Å². The number of aryl methyl sites for hydroxylation is 2. The van der Waals surface area contributed by atoms with Crippen molar-refractivity contribution >= 4 is 0 Å². The molecule has 0 radical (unpaired) electrons. The zero-order chi connectivity index (χ0) is 14.1. The summed E-state index contributed by atoms with van der Waals surface area (Å²) in [5, 5.41) is 14.7. The lowest BCUT2D eigenvalue weighted by atomic mass is 10.1. The van der Waals surface area contributed by atoms with Gasteiger partial charge in [-0.3, -0.25) is 0 Å². The van der Waals surface area contributed by atoms with Gasteiger partial charge in [0.15, 0.2) is 0 Å². The second-order valence-corrected chi connectivity index (χ2v) is 4.93. The fourth-order valence-corrected chi connectivity index (χ4v) is 2.21. The van der Waals surface area contributed by atoms with Gasteiger partial charge in [-0.2, -0.15) is 5.10 Å². The van der Waals surface area contributed by atoms with Crippen LogP contribution in [0.15, 0.2) is 54.7 Å². The minimum absolute atomic E-state index is 0.166. The molecule has 0 atom stereocenters. The molecule has 100 valence electrons. The highest BCUT2D eigenvalue weighted by atomic mass is 16.3. The molecule has 0 spiro atoms. The minimum Gasteiger partial charge on any atom is -0.493 e. The first-order valence-corrected chi connectivity index (χ1v) is 6.57. The van der Waals surface area contributed by atoms with Crippen molar-refractivity contribution in [2.45, 2.75) is 13.8 Å². The molecule has 1 aromatic heterocycles. The zero-order valence-corrected chi connectivity index (χ0v) is 11.5. The lowest BCUT2D eigenvalue weighted by Gasteiger charge is -2.07. The Labute approximate surface area is 118 Å². The van der Waals surface area contributed by atoms with Gasteiger partial charge in [-0.15, -0.1) is 0 Å². The maximum atomic E-state index is 10.4. The third-order valence-corrected chi connectivity index (χ3v) is 3.56. The highest BCUT2D eigenvalue weighted by molar-refractivity contribution is 5.68. The van der Waals surface area contributed by atoms with Crippen LogP contribution in [0.5, 0.6) is 5.88 Å². The molecule has 0 amide bonds. The Balaban J connectivity index is 2.08. The maximum absolute atomic E-state index is 10.4. The Hall–Kier alpha value is -2.55. The second-order valence-electron chi connectivity index (χ2n) is 4.93. The number of hydrogen-bond donors (Lipinski definition) is 1. The molecule has 0 aliphatic carbocycles. The first-order chi connectivity index (χ1) is 9.66. The number of aromatic hydroxyl groups is 1. The first kappa shape index (κ1) is 12.5. The lowest BCUT2D eigenvalue weighted by molar-refractivity contribution is 0.435. The van der Waals surface area contributed by atoms with Crippen molar-refractivity contribution in [2.75, 3.05) is 0 Å². The van der Waals surface area contributed by atoms with Crippen LogP contribution in [-0.4, -0.2) is 14.9 Å². The van der Waals surface area contributed by atoms with Crippen LogP contribution in [-0.2, 0) is 0 Å². The van der Waals surface area contributed by atoms with E-state index in [-0.39, 0.29) is 5.88 Å². The molecular formula is C17H16N2O. The Morgan fingerprint density at radius 1 is 0.950 bits per heavy atom. The monoisotopic (exact) mass is 264 g/mol. The number of rotatable bonds is 2. The second kappa shape index (κ2) is 4.85. The van der Waals surface area contributed by atoms with Crippen molar-refractivity contribution in [1.29, 1.82) is 0 Å². The van der Waals surface area contributed by atoms with Crippen molar-refractivity contribution in [3.63, 3.8) is 0 Å². The molecule has 0 bridgehead atoms. The molecule has 0 aliphatic heterocycles. The van der Waals surface area contributed by atoms with Crippen molar-refractivity contribution < 1.29 is 5.11 Å². The summed E-state index contributed by atoms with van der Waals surface area (Å²) in [4.78, 5) is 0. The highest BCUT2D eigenvalue weighted by Gasteiger charge is 2.12. The SMILES string of the molecule is Cc1ccc(-n2ncc(-c3ccccc3)c2O)cc1C. The molecule has 3 heteroatoms. The van der Waals surface area contributed by atoms with Crippen molar-refractivity contribution in [1.82, 2.24) is 9.78 Å². The van der Waals surface area contributed by atoms with Gasteiger partial charge in [-0.25, -0.2) is 4.68 Å². The van der Waals surface area contributed by atoms with Crippen LogP contribution in [0.4, 0.5) is 0 Å². The van der Waals surface area contributed by atoms with E-state index in [9.17, 15) is 5.11 Å². The van der Waals surface area contributed by atoms with E-state index in [0.717, 1.165) is 16.8 Å². The van der Waals surface area contributed by atoms with E-state index in [2.05, 4.69) is 18.9 Å². The van der Waals surface area contributed by atoms with Crippen LogP contribution in [0.1, 0.15) is 11.1 Å². The third kappa shape index (κ3) is 2.07. The average Bonchev–Trinajstić information content (AvgIpc) is 2.85. The molecule has 3 nitrogen and oxygen atoms in total. The van der Waals surface area contributed by atoms with Gasteiger partial charge >= 0.3 is 0 Å². The van der Waals surface area contributed by atoms with E-state index in [1.165, 1.54) is 11.1 Å². The maximum Gasteiger partial charge on any atom is 0.222 e. The van der Waals surface area contributed by atoms with Gasteiger partial charge in [0.1, 0.15) is 0 Å². The first-order valence-electron chi connectivity index (χ1n) is 6.57. The minimum atomic E-state index is 0.166. The fraction of sp³-hybridized carbons (Fsp3) is 0.118. The predicted molar refractivity (Wildman–Crippen MR) is 80.1 cm³/mol. The molecular weight excluding hydrogens is 248 g/mol. The molecule has 0 fully saturated rings. The largest absolute Gasteiger partial charge is 0.493 e. The third-order valence-electron chi connectivity index (χ3n) is 3.56. The molecule has 0 aliphatic rings. The van der Waals surface area contributed by atoms with Crippen LogP contribution in [0.25, 0.3) is 16.8 Å². The van der Waals surface area contributed by atoms with Crippen LogP contribution in [0.2, 0.25) is 0 Å². The van der Waals surface area contributed by atoms with Gasteiger partial charge in [-0.05, 0) is 42.7 Å². The molecule has 3 rings (SSSR count). The van der Waals surface area contributed by atoms with E-state index in [4.69, 9.17) is 0 Å². The number of hydrogen-bond acceptors (Lipinski definition) is 2. The van der Waals surface area contributed by atoms with Crippen LogP contribution in [0, 0.1) is 13.8 Å². The van der Waals surface area contributed by atoms with Gasteiger partial charge in [0.25, 0.3) is 0 Å². The number of nitrogens with zero attached hydrogens (tertiary/aromatic N) is 2. The molecule has 0 saturated carbocycles. The summed E-state index contributed by atoms with van der Waals surface area (Å²) < 4.78 is 1.56. The summed E-state index contributed by atoms with van der Waals surface area (Å²) in [5.41, 5.74) is 4.97. The topological polar surface area (TPSA) is 38.0 Å². The van der Waals surface area contributed by atoms with Crippen molar-refractivity contribution in [3.8, 4) is 22.7 Å². The Kier molecular flexibility index (Phi) is 3.03. The molecule has 1 heterocycles. The van der Waals surface area contributed by atoms with Gasteiger partial charge < -0.3 is 5.11 Å². The molecule has 20 heavy (non-hydrogen) atoms. The lowest BCUT2D eigenvalue weighted by Crippen LogP contribution is -1.96. The van der Waals surface area contributed by atoms with Gasteiger partial charge in [0.05, 0.1) is 17.4 Å². The van der Waals surface area contributed by atoms with Crippen LogP contribution in [0.3, 0.4) is 0 Å². The quantitative estimate of drug-likeness (QED) is 0.763. The molecule has 1 N–H and O–H groups in total. The van der Waals surface area contributed by atoms with E-state index in [0.29, 0.717) is 0 Å². The van der Waals surface area contributed by atoms with Gasteiger partial charge in [0, 0.05) is 0 Å². The Morgan fingerprint density at radius 2 is 1.70 bits per heavy atom. The summed E-state index contributed by atoms with van der Waals surface area (Å²) in [6, 6.07) is 15.8. The van der Waals surface area contributed by atoms with Crippen molar-refractivity contribution in [2.24, 2.45) is 0 Å². The van der Waals surface area contributed by atoms with Gasteiger partial charge in [0.2, 0.25) is 5.88 Å². The normalized spacial score (nSPS) is 10.7. The Bertz CT molecular complexity index is 745. The Morgan fingerprint density at radius 3 is 2.40 bits per heavy atom. The average molecular weight is 264 g/mol. The fourth-order valence-electron chi connectivity index (χ4n) is 2.21. The van der Waals surface area contributed by atoms with E-state index >= 15 is 0 Å². The standard InChI is InChI=1S/C17H16N2O/c1-12-8-9-15(10-13(12)2)19-17(20)16(11-18-19)14-6-4-3-5-7-14/h3-11,20H,1-2H3. The number of benzene rings is 2. The summed E-state index contributed by atoms with van der Waals surface area (Å²) in [5.74, 6) is 0.166. The summed E-state index contributed by atoms with van der Waals surface area (Å²) in [6.45, 7) is 4.12. The van der Waals surface area contributed by atoms with E-state index in [1.54, 1.807) is 10.9 Å². The molecule has 0 unspecified atom stereocenters. The molecule has 2 aromatic carbocycles. The number of aromatic nitrogens is 2. The molecule has 0 saturated heterocycles. The van der Waals surface area contributed by atoms with Crippen LogP contribution < -0.4 is 0 Å². The highest BCUT2D eigenvalue weighted by Crippen LogP contribution is 2.30. The summed E-state index contributed by atoms with van der Waals surface area (Å²) in [6.07, 6.45) is 1.69.